The van der Waals surface area contributed by atoms with Crippen molar-refractivity contribution in [1.82, 2.24) is 4.98 Å². The topological polar surface area (TPSA) is 71.2 Å². The molecule has 0 aliphatic carbocycles. The summed E-state index contributed by atoms with van der Waals surface area (Å²) in [6.07, 6.45) is 1.74. The minimum Gasteiger partial charge on any atom is -0.384 e. The van der Waals surface area contributed by atoms with Gasteiger partial charge in [-0.1, -0.05) is 18.2 Å². The maximum atomic E-state index is 11.7. The normalized spacial score (nSPS) is 13.9. The van der Waals surface area contributed by atoms with Crippen LogP contribution in [0.15, 0.2) is 42.6 Å². The first-order valence-corrected chi connectivity index (χ1v) is 6.06. The van der Waals surface area contributed by atoms with Gasteiger partial charge < -0.3 is 16.0 Å². The van der Waals surface area contributed by atoms with Crippen molar-refractivity contribution in [3.05, 3.63) is 48.2 Å². The Morgan fingerprint density at radius 2 is 2.11 bits per heavy atom. The number of nitrogens with two attached hydrogens (primary N) is 1. The maximum absolute atomic E-state index is 11.7. The van der Waals surface area contributed by atoms with Gasteiger partial charge in [-0.2, -0.15) is 0 Å². The molecular weight excluding hydrogens is 240 g/mol. The van der Waals surface area contributed by atoms with Gasteiger partial charge in [-0.15, -0.1) is 0 Å². The number of anilines is 3. The minimum atomic E-state index is 0.00195. The number of aromatic nitrogens is 1. The number of para-hydroxylation sites is 2. The lowest BCUT2D eigenvalue weighted by atomic mass is 10.1. The van der Waals surface area contributed by atoms with Gasteiger partial charge in [-0.05, 0) is 23.8 Å². The monoisotopic (exact) mass is 254 g/mol. The largest absolute Gasteiger partial charge is 0.384 e. The summed E-state index contributed by atoms with van der Waals surface area (Å²) in [5, 5.41) is 2.87. The molecule has 2 aromatic rings. The van der Waals surface area contributed by atoms with Crippen LogP contribution in [-0.2, 0) is 11.3 Å². The third kappa shape index (κ3) is 2.35. The van der Waals surface area contributed by atoms with Crippen molar-refractivity contribution < 1.29 is 4.79 Å². The molecule has 1 aliphatic rings. The second-order valence-electron chi connectivity index (χ2n) is 4.51. The zero-order chi connectivity index (χ0) is 13.2. The molecule has 2 heterocycles. The molecule has 5 nitrogen and oxygen atoms in total. The number of nitrogen functional groups attached to an aromatic ring is 1. The molecule has 96 valence electrons. The van der Waals surface area contributed by atoms with Gasteiger partial charge in [0, 0.05) is 12.7 Å². The summed E-state index contributed by atoms with van der Waals surface area (Å²) in [6.45, 7) is 0.985. The van der Waals surface area contributed by atoms with Crippen LogP contribution < -0.4 is 16.0 Å². The van der Waals surface area contributed by atoms with Gasteiger partial charge in [0.2, 0.25) is 5.91 Å². The summed E-state index contributed by atoms with van der Waals surface area (Å²) < 4.78 is 0. The van der Waals surface area contributed by atoms with Crippen molar-refractivity contribution in [2.45, 2.75) is 6.54 Å². The number of fused-ring (bicyclic) bond motifs is 1. The molecule has 0 atom stereocenters. The number of benzene rings is 1. The number of nitrogens with zero attached hydrogens (tertiary/aromatic N) is 2. The Kier molecular flexibility index (Phi) is 2.79. The van der Waals surface area contributed by atoms with Gasteiger partial charge in [-0.25, -0.2) is 4.98 Å². The first kappa shape index (κ1) is 11.5. The van der Waals surface area contributed by atoms with Crippen LogP contribution in [0.3, 0.4) is 0 Å². The van der Waals surface area contributed by atoms with Crippen LogP contribution in [0, 0.1) is 0 Å². The number of carbonyl (C=O) groups excluding carboxylic acids is 1. The van der Waals surface area contributed by atoms with E-state index in [9.17, 15) is 4.79 Å². The van der Waals surface area contributed by atoms with Crippen molar-refractivity contribution in [3.63, 3.8) is 0 Å². The molecule has 0 fully saturated rings. The van der Waals surface area contributed by atoms with Crippen LogP contribution in [0.1, 0.15) is 5.56 Å². The lowest BCUT2D eigenvalue weighted by molar-refractivity contribution is -0.115. The average molecular weight is 254 g/mol. The number of hydrogen-bond donors (Lipinski definition) is 2. The predicted molar refractivity (Wildman–Crippen MR) is 74.8 cm³/mol. The van der Waals surface area contributed by atoms with Crippen LogP contribution in [0.4, 0.5) is 17.2 Å². The molecule has 0 radical (unpaired) electrons. The molecule has 3 rings (SSSR count). The molecule has 19 heavy (non-hydrogen) atoms. The Hall–Kier alpha value is -2.56. The number of nitrogens with one attached hydrogen (secondary N) is 1. The average Bonchev–Trinajstić information content (AvgIpc) is 2.41. The predicted octanol–water partition coefficient (Wildman–Crippen LogP) is 1.62. The molecule has 3 N–H and O–H groups in total. The van der Waals surface area contributed by atoms with Crippen molar-refractivity contribution in [2.75, 3.05) is 22.5 Å². The number of rotatable bonds is 2. The SMILES string of the molecule is Nc1ccc(CN2CC(=O)Nc3ccccc32)cn1. The van der Waals surface area contributed by atoms with E-state index >= 15 is 0 Å². The molecule has 0 saturated heterocycles. The fourth-order valence-electron chi connectivity index (χ4n) is 2.19. The lowest BCUT2D eigenvalue weighted by Crippen LogP contribution is -2.37. The van der Waals surface area contributed by atoms with Crippen molar-refractivity contribution in [3.8, 4) is 0 Å². The molecule has 1 aromatic heterocycles. The van der Waals surface area contributed by atoms with Gasteiger partial charge in [0.05, 0.1) is 17.9 Å². The fourth-order valence-corrected chi connectivity index (χ4v) is 2.19. The Morgan fingerprint density at radius 1 is 1.26 bits per heavy atom. The molecule has 0 saturated carbocycles. The Morgan fingerprint density at radius 3 is 2.89 bits per heavy atom. The Bertz CT molecular complexity index is 609. The molecule has 0 spiro atoms. The third-order valence-electron chi connectivity index (χ3n) is 3.07. The van der Waals surface area contributed by atoms with E-state index in [1.807, 2.05) is 35.2 Å². The summed E-state index contributed by atoms with van der Waals surface area (Å²) in [7, 11) is 0. The molecule has 1 amide bonds. The molecule has 0 bridgehead atoms. The molecule has 0 unspecified atom stereocenters. The summed E-state index contributed by atoms with van der Waals surface area (Å²) in [6, 6.07) is 11.5. The smallest absolute Gasteiger partial charge is 0.243 e. The highest BCUT2D eigenvalue weighted by atomic mass is 16.2. The molecule has 1 aromatic carbocycles. The second kappa shape index (κ2) is 4.61. The van der Waals surface area contributed by atoms with E-state index < -0.39 is 0 Å². The maximum Gasteiger partial charge on any atom is 0.243 e. The van der Waals surface area contributed by atoms with E-state index in [-0.39, 0.29) is 5.91 Å². The van der Waals surface area contributed by atoms with Gasteiger partial charge >= 0.3 is 0 Å². The second-order valence-corrected chi connectivity index (χ2v) is 4.51. The summed E-state index contributed by atoms with van der Waals surface area (Å²) in [5.74, 6) is 0.502. The van der Waals surface area contributed by atoms with Gasteiger partial charge in [0.25, 0.3) is 0 Å². The third-order valence-corrected chi connectivity index (χ3v) is 3.07. The van der Waals surface area contributed by atoms with Crippen LogP contribution >= 0.6 is 0 Å². The highest BCUT2D eigenvalue weighted by Gasteiger charge is 2.21. The highest BCUT2D eigenvalue weighted by molar-refractivity contribution is 6.01. The fraction of sp³-hybridized carbons (Fsp3) is 0.143. The van der Waals surface area contributed by atoms with E-state index in [1.165, 1.54) is 0 Å². The van der Waals surface area contributed by atoms with Crippen molar-refractivity contribution in [2.24, 2.45) is 0 Å². The molecule has 5 heteroatoms. The quantitative estimate of drug-likeness (QED) is 0.854. The standard InChI is InChI=1S/C14H14N4O/c15-13-6-5-10(7-16-13)8-18-9-14(19)17-11-3-1-2-4-12(11)18/h1-7H,8-9H2,(H2,15,16)(H,17,19). The Labute approximate surface area is 111 Å². The van der Waals surface area contributed by atoms with E-state index in [4.69, 9.17) is 5.73 Å². The number of pyridine rings is 1. The summed E-state index contributed by atoms with van der Waals surface area (Å²) in [4.78, 5) is 17.8. The van der Waals surface area contributed by atoms with Crippen molar-refractivity contribution in [1.29, 1.82) is 0 Å². The number of amides is 1. The van der Waals surface area contributed by atoms with E-state index in [0.29, 0.717) is 18.9 Å². The van der Waals surface area contributed by atoms with Crippen molar-refractivity contribution >= 4 is 23.1 Å². The van der Waals surface area contributed by atoms with E-state index in [2.05, 4.69) is 10.3 Å². The molecule has 1 aliphatic heterocycles. The minimum absolute atomic E-state index is 0.00195. The van der Waals surface area contributed by atoms with Gasteiger partial charge in [0.1, 0.15) is 5.82 Å². The van der Waals surface area contributed by atoms with E-state index in [1.54, 1.807) is 12.3 Å². The lowest BCUT2D eigenvalue weighted by Gasteiger charge is -2.30. The van der Waals surface area contributed by atoms with Crippen LogP contribution in [0.25, 0.3) is 0 Å². The zero-order valence-corrected chi connectivity index (χ0v) is 10.3. The summed E-state index contributed by atoms with van der Waals surface area (Å²) >= 11 is 0. The number of hydrogen-bond acceptors (Lipinski definition) is 4. The molecular formula is C14H14N4O. The van der Waals surface area contributed by atoms with Gasteiger partial charge in [-0.3, -0.25) is 4.79 Å². The highest BCUT2D eigenvalue weighted by Crippen LogP contribution is 2.29. The van der Waals surface area contributed by atoms with Crippen LogP contribution in [0.5, 0.6) is 0 Å². The first-order chi connectivity index (χ1) is 9.22. The zero-order valence-electron chi connectivity index (χ0n) is 10.3. The van der Waals surface area contributed by atoms with Crippen LogP contribution in [-0.4, -0.2) is 17.4 Å². The van der Waals surface area contributed by atoms with E-state index in [0.717, 1.165) is 16.9 Å². The van der Waals surface area contributed by atoms with Gasteiger partial charge in [0.15, 0.2) is 0 Å². The Balaban J connectivity index is 1.89. The van der Waals surface area contributed by atoms with Crippen LogP contribution in [0.2, 0.25) is 0 Å². The number of carbonyl (C=O) groups is 1. The first-order valence-electron chi connectivity index (χ1n) is 6.06. The summed E-state index contributed by atoms with van der Waals surface area (Å²) in [5.41, 5.74) is 8.47.